The Morgan fingerprint density at radius 3 is 2.08 bits per heavy atom. The Labute approximate surface area is 150 Å². The fourth-order valence-electron chi connectivity index (χ4n) is 2.09. The molecule has 0 saturated carbocycles. The third-order valence-electron chi connectivity index (χ3n) is 3.16. The average Bonchev–Trinajstić information content (AvgIpc) is 2.55. The summed E-state index contributed by atoms with van der Waals surface area (Å²) in [5, 5.41) is 2.58. The van der Waals surface area contributed by atoms with Crippen molar-refractivity contribution in [1.82, 2.24) is 4.72 Å². The third kappa shape index (κ3) is 5.50. The number of carbonyl (C=O) groups excluding carboxylic acids is 1. The van der Waals surface area contributed by atoms with E-state index < -0.39 is 22.5 Å². The van der Waals surface area contributed by atoms with Gasteiger partial charge in [-0.05, 0) is 62.4 Å². The molecule has 0 aliphatic heterocycles. The van der Waals surface area contributed by atoms with E-state index in [4.69, 9.17) is 0 Å². The van der Waals surface area contributed by atoms with E-state index in [-0.39, 0.29) is 22.3 Å². The van der Waals surface area contributed by atoms with E-state index in [9.17, 15) is 22.0 Å². The number of nitrogens with one attached hydrogen (secondary N) is 2. The van der Waals surface area contributed by atoms with Crippen LogP contribution in [0.3, 0.4) is 0 Å². The Morgan fingerprint density at radius 2 is 1.58 bits per heavy atom. The summed E-state index contributed by atoms with van der Waals surface area (Å²) in [5.41, 5.74) is 0.635. The lowest BCUT2D eigenvalue weighted by Crippen LogP contribution is -2.30. The predicted molar refractivity (Wildman–Crippen MR) is 92.9 cm³/mol. The number of rotatable bonds is 7. The van der Waals surface area contributed by atoms with Crippen molar-refractivity contribution in [2.24, 2.45) is 0 Å². The van der Waals surface area contributed by atoms with Gasteiger partial charge in [0.25, 0.3) is 5.91 Å². The molecule has 0 unspecified atom stereocenters. The molecule has 0 bridgehead atoms. The van der Waals surface area contributed by atoms with Gasteiger partial charge in [0.1, 0.15) is 5.75 Å². The summed E-state index contributed by atoms with van der Waals surface area (Å²) in [7, 11) is -3.63. The van der Waals surface area contributed by atoms with E-state index >= 15 is 0 Å². The van der Waals surface area contributed by atoms with Gasteiger partial charge in [0.2, 0.25) is 10.0 Å². The van der Waals surface area contributed by atoms with Crippen molar-refractivity contribution < 1.29 is 26.7 Å². The number of alkyl halides is 2. The quantitative estimate of drug-likeness (QED) is 0.768. The fraction of sp³-hybridized carbons (Fsp3) is 0.235. The smallest absolute Gasteiger partial charge is 0.387 e. The molecule has 0 atom stereocenters. The Morgan fingerprint density at radius 1 is 1.00 bits per heavy atom. The minimum Gasteiger partial charge on any atom is -0.435 e. The summed E-state index contributed by atoms with van der Waals surface area (Å²) >= 11 is 0. The van der Waals surface area contributed by atoms with Crippen molar-refractivity contribution in [3.05, 3.63) is 54.1 Å². The van der Waals surface area contributed by atoms with E-state index in [2.05, 4.69) is 14.8 Å². The molecule has 0 radical (unpaired) electrons. The maximum absolute atomic E-state index is 12.2. The lowest BCUT2D eigenvalue weighted by molar-refractivity contribution is -0.0498. The number of ether oxygens (including phenoxy) is 1. The van der Waals surface area contributed by atoms with Crippen LogP contribution in [0.4, 0.5) is 14.5 Å². The van der Waals surface area contributed by atoms with Crippen LogP contribution in [0.15, 0.2) is 53.4 Å². The molecule has 1 amide bonds. The number of benzene rings is 2. The van der Waals surface area contributed by atoms with Crippen LogP contribution in [0.5, 0.6) is 5.75 Å². The van der Waals surface area contributed by atoms with E-state index in [0.717, 1.165) is 0 Å². The molecule has 0 aliphatic carbocycles. The van der Waals surface area contributed by atoms with Gasteiger partial charge in [0.15, 0.2) is 0 Å². The van der Waals surface area contributed by atoms with E-state index in [0.29, 0.717) is 5.69 Å². The van der Waals surface area contributed by atoms with Crippen LogP contribution in [0.25, 0.3) is 0 Å². The molecule has 0 spiro atoms. The van der Waals surface area contributed by atoms with Gasteiger partial charge in [-0.3, -0.25) is 4.79 Å². The molecule has 0 heterocycles. The van der Waals surface area contributed by atoms with Gasteiger partial charge in [-0.25, -0.2) is 13.1 Å². The lowest BCUT2D eigenvalue weighted by atomic mass is 10.2. The van der Waals surface area contributed by atoms with Crippen molar-refractivity contribution in [2.45, 2.75) is 31.4 Å². The zero-order chi connectivity index (χ0) is 19.3. The van der Waals surface area contributed by atoms with Crippen LogP contribution in [0.1, 0.15) is 24.2 Å². The van der Waals surface area contributed by atoms with Crippen molar-refractivity contribution in [1.29, 1.82) is 0 Å². The second-order valence-corrected chi connectivity index (χ2v) is 7.37. The van der Waals surface area contributed by atoms with E-state index in [1.54, 1.807) is 13.8 Å². The van der Waals surface area contributed by atoms with Gasteiger partial charge in [0, 0.05) is 17.3 Å². The molecule has 0 aliphatic rings. The standard InChI is InChI=1S/C17H18F2N2O4S/c1-11(2)21-26(23,24)15-9-3-12(4-10-15)16(22)20-13-5-7-14(8-6-13)25-17(18)19/h3-11,17,21H,1-2H3,(H,20,22). The first-order valence-corrected chi connectivity index (χ1v) is 9.14. The summed E-state index contributed by atoms with van der Waals surface area (Å²) in [5.74, 6) is -0.487. The lowest BCUT2D eigenvalue weighted by Gasteiger charge is -2.10. The Bertz CT molecular complexity index is 851. The van der Waals surface area contributed by atoms with Crippen LogP contribution in [0, 0.1) is 0 Å². The van der Waals surface area contributed by atoms with Crippen LogP contribution < -0.4 is 14.8 Å². The Hall–Kier alpha value is -2.52. The molecule has 140 valence electrons. The first-order valence-electron chi connectivity index (χ1n) is 7.66. The second-order valence-electron chi connectivity index (χ2n) is 5.66. The minimum atomic E-state index is -3.63. The van der Waals surface area contributed by atoms with Gasteiger partial charge in [-0.15, -0.1) is 0 Å². The maximum atomic E-state index is 12.2. The maximum Gasteiger partial charge on any atom is 0.387 e. The second kappa shape index (κ2) is 8.24. The molecule has 0 saturated heterocycles. The zero-order valence-electron chi connectivity index (χ0n) is 14.1. The average molecular weight is 384 g/mol. The summed E-state index contributed by atoms with van der Waals surface area (Å²) in [6.07, 6.45) is 0. The highest BCUT2D eigenvalue weighted by Gasteiger charge is 2.16. The van der Waals surface area contributed by atoms with Gasteiger partial charge in [-0.1, -0.05) is 0 Å². The number of hydrogen-bond donors (Lipinski definition) is 2. The van der Waals surface area contributed by atoms with Gasteiger partial charge in [-0.2, -0.15) is 8.78 Å². The SMILES string of the molecule is CC(C)NS(=O)(=O)c1ccc(C(=O)Nc2ccc(OC(F)F)cc2)cc1. The molecule has 2 N–H and O–H groups in total. The fourth-order valence-corrected chi connectivity index (χ4v) is 3.34. The van der Waals surface area contributed by atoms with Crippen molar-refractivity contribution >= 4 is 21.6 Å². The molecule has 9 heteroatoms. The highest BCUT2D eigenvalue weighted by molar-refractivity contribution is 7.89. The Kier molecular flexibility index (Phi) is 6.27. The van der Waals surface area contributed by atoms with Crippen LogP contribution >= 0.6 is 0 Å². The monoisotopic (exact) mass is 384 g/mol. The van der Waals surface area contributed by atoms with Crippen molar-refractivity contribution in [2.75, 3.05) is 5.32 Å². The van der Waals surface area contributed by atoms with Crippen molar-refractivity contribution in [3.8, 4) is 5.75 Å². The minimum absolute atomic E-state index is 0.0230. The van der Waals surface area contributed by atoms with Gasteiger partial charge in [0.05, 0.1) is 4.90 Å². The molecular weight excluding hydrogens is 366 g/mol. The normalized spacial score (nSPS) is 11.6. The van der Waals surface area contributed by atoms with Crippen LogP contribution in [-0.2, 0) is 10.0 Å². The molecule has 2 aromatic rings. The molecule has 0 aromatic heterocycles. The van der Waals surface area contributed by atoms with Crippen LogP contribution in [-0.4, -0.2) is 27.0 Å². The first-order chi connectivity index (χ1) is 12.2. The molecule has 2 aromatic carbocycles. The molecule has 2 rings (SSSR count). The topological polar surface area (TPSA) is 84.5 Å². The largest absolute Gasteiger partial charge is 0.435 e. The summed E-state index contributed by atoms with van der Waals surface area (Å²) in [6.45, 7) is 0.490. The molecule has 6 nitrogen and oxygen atoms in total. The third-order valence-corrected chi connectivity index (χ3v) is 4.83. The number of anilines is 1. The van der Waals surface area contributed by atoms with E-state index in [1.807, 2.05) is 0 Å². The molecule has 26 heavy (non-hydrogen) atoms. The zero-order valence-corrected chi connectivity index (χ0v) is 14.9. The number of halogens is 2. The highest BCUT2D eigenvalue weighted by atomic mass is 32.2. The number of amides is 1. The van der Waals surface area contributed by atoms with Gasteiger partial charge < -0.3 is 10.1 Å². The predicted octanol–water partition coefficient (Wildman–Crippen LogP) is 3.23. The summed E-state index contributed by atoms with van der Waals surface area (Å²) in [6, 6.07) is 10.6. The van der Waals surface area contributed by atoms with Crippen molar-refractivity contribution in [3.63, 3.8) is 0 Å². The molecular formula is C17H18F2N2O4S. The summed E-state index contributed by atoms with van der Waals surface area (Å²) in [4.78, 5) is 12.2. The number of hydrogen-bond acceptors (Lipinski definition) is 4. The van der Waals surface area contributed by atoms with Crippen LogP contribution in [0.2, 0.25) is 0 Å². The summed E-state index contributed by atoms with van der Waals surface area (Å²) < 4.78 is 55.0. The molecule has 0 fully saturated rings. The number of sulfonamides is 1. The number of carbonyl (C=O) groups is 1. The Balaban J connectivity index is 2.06. The first kappa shape index (κ1) is 19.8. The van der Waals surface area contributed by atoms with Gasteiger partial charge >= 0.3 is 6.61 Å². The highest BCUT2D eigenvalue weighted by Crippen LogP contribution is 2.19. The van der Waals surface area contributed by atoms with E-state index in [1.165, 1.54) is 48.5 Å².